The highest BCUT2D eigenvalue weighted by Gasteiger charge is 2.24. The van der Waals surface area contributed by atoms with Gasteiger partial charge in [0.05, 0.1) is 6.54 Å². The SMILES string of the molecule is C=CCN(CC(=O)N(Cc1ccc(F)cc1)Cc1ccc(C)o1)C(=O)c1ccc2c(c1)OCO2. The van der Waals surface area contributed by atoms with Crippen molar-refractivity contribution in [3.8, 4) is 11.5 Å². The normalized spacial score (nSPS) is 11.8. The predicted molar refractivity (Wildman–Crippen MR) is 123 cm³/mol. The van der Waals surface area contributed by atoms with Crippen LogP contribution in [0.4, 0.5) is 4.39 Å². The van der Waals surface area contributed by atoms with E-state index in [0.29, 0.717) is 22.8 Å². The number of amides is 2. The third-order valence-corrected chi connectivity index (χ3v) is 5.36. The van der Waals surface area contributed by atoms with E-state index in [2.05, 4.69) is 6.58 Å². The Morgan fingerprint density at radius 1 is 1.00 bits per heavy atom. The van der Waals surface area contributed by atoms with Crippen molar-refractivity contribution in [2.45, 2.75) is 20.0 Å². The van der Waals surface area contributed by atoms with Crippen molar-refractivity contribution in [3.05, 3.63) is 95.7 Å². The fourth-order valence-corrected chi connectivity index (χ4v) is 3.65. The first kappa shape index (κ1) is 23.1. The Kier molecular flexibility index (Phi) is 6.96. The number of ether oxygens (including phenoxy) is 2. The van der Waals surface area contributed by atoms with Crippen molar-refractivity contribution < 1.29 is 27.9 Å². The number of carbonyl (C=O) groups is 2. The molecule has 3 aromatic rings. The molecule has 0 radical (unpaired) electrons. The molecule has 0 aliphatic carbocycles. The second-order valence-corrected chi connectivity index (χ2v) is 7.93. The van der Waals surface area contributed by atoms with Crippen LogP contribution in [0.3, 0.4) is 0 Å². The lowest BCUT2D eigenvalue weighted by Crippen LogP contribution is -2.42. The zero-order chi connectivity index (χ0) is 24.1. The van der Waals surface area contributed by atoms with Crippen molar-refractivity contribution in [2.75, 3.05) is 19.9 Å². The Balaban J connectivity index is 1.53. The number of hydrogen-bond donors (Lipinski definition) is 0. The second kappa shape index (κ2) is 10.2. The van der Waals surface area contributed by atoms with Gasteiger partial charge in [0, 0.05) is 18.7 Å². The van der Waals surface area contributed by atoms with Gasteiger partial charge in [-0.3, -0.25) is 9.59 Å². The maximum absolute atomic E-state index is 13.4. The van der Waals surface area contributed by atoms with Crippen molar-refractivity contribution >= 4 is 11.8 Å². The summed E-state index contributed by atoms with van der Waals surface area (Å²) in [5, 5.41) is 0. The molecular weight excluding hydrogens is 439 g/mol. The van der Waals surface area contributed by atoms with Crippen molar-refractivity contribution in [2.24, 2.45) is 0 Å². The molecule has 8 heteroatoms. The van der Waals surface area contributed by atoms with Gasteiger partial charge in [0.25, 0.3) is 5.91 Å². The third kappa shape index (κ3) is 5.46. The molecule has 7 nitrogen and oxygen atoms in total. The number of furan rings is 1. The van der Waals surface area contributed by atoms with Crippen LogP contribution in [0.1, 0.15) is 27.4 Å². The largest absolute Gasteiger partial charge is 0.464 e. The van der Waals surface area contributed by atoms with Crippen LogP contribution in [0, 0.1) is 12.7 Å². The average Bonchev–Trinajstić information content (AvgIpc) is 3.47. The highest BCUT2D eigenvalue weighted by molar-refractivity contribution is 5.97. The number of nitrogens with zero attached hydrogens (tertiary/aromatic N) is 2. The summed E-state index contributed by atoms with van der Waals surface area (Å²) >= 11 is 0. The van der Waals surface area contributed by atoms with E-state index in [-0.39, 0.29) is 50.6 Å². The summed E-state index contributed by atoms with van der Waals surface area (Å²) in [6.07, 6.45) is 1.57. The summed E-state index contributed by atoms with van der Waals surface area (Å²) < 4.78 is 29.7. The van der Waals surface area contributed by atoms with Crippen LogP contribution in [0.5, 0.6) is 11.5 Å². The van der Waals surface area contributed by atoms with E-state index in [1.165, 1.54) is 17.0 Å². The van der Waals surface area contributed by atoms with E-state index >= 15 is 0 Å². The van der Waals surface area contributed by atoms with Crippen molar-refractivity contribution in [1.82, 2.24) is 9.80 Å². The van der Waals surface area contributed by atoms with Crippen LogP contribution in [0.25, 0.3) is 0 Å². The molecule has 4 rings (SSSR count). The number of rotatable bonds is 9. The third-order valence-electron chi connectivity index (χ3n) is 5.36. The Labute approximate surface area is 197 Å². The van der Waals surface area contributed by atoms with Crippen LogP contribution >= 0.6 is 0 Å². The number of carbonyl (C=O) groups excluding carboxylic acids is 2. The first-order valence-corrected chi connectivity index (χ1v) is 10.8. The van der Waals surface area contributed by atoms with Gasteiger partial charge in [-0.25, -0.2) is 4.39 Å². The van der Waals surface area contributed by atoms with Gasteiger partial charge < -0.3 is 23.7 Å². The van der Waals surface area contributed by atoms with Gasteiger partial charge in [-0.05, 0) is 55.0 Å². The van der Waals surface area contributed by atoms with E-state index in [0.717, 1.165) is 11.3 Å². The van der Waals surface area contributed by atoms with Crippen LogP contribution in [-0.4, -0.2) is 41.5 Å². The van der Waals surface area contributed by atoms with Gasteiger partial charge in [-0.1, -0.05) is 18.2 Å². The lowest BCUT2D eigenvalue weighted by atomic mass is 10.1. The molecule has 0 fully saturated rings. The molecule has 0 spiro atoms. The Morgan fingerprint density at radius 3 is 2.47 bits per heavy atom. The summed E-state index contributed by atoms with van der Waals surface area (Å²) in [5.74, 6) is 1.44. The number of hydrogen-bond acceptors (Lipinski definition) is 5. The second-order valence-electron chi connectivity index (χ2n) is 7.93. The number of benzene rings is 2. The van der Waals surface area contributed by atoms with E-state index in [1.807, 2.05) is 13.0 Å². The molecule has 0 saturated heterocycles. The standard InChI is InChI=1S/C26H25FN2O5/c1-3-12-28(26(31)20-7-11-23-24(13-20)33-17-32-23)16-25(30)29(15-22-10-4-18(2)34-22)14-19-5-8-21(27)9-6-19/h3-11,13H,1,12,14-17H2,2H3. The van der Waals surface area contributed by atoms with Crippen LogP contribution in [0.15, 0.2) is 71.7 Å². The van der Waals surface area contributed by atoms with Gasteiger partial charge in [0.15, 0.2) is 11.5 Å². The average molecular weight is 464 g/mol. The molecule has 0 atom stereocenters. The van der Waals surface area contributed by atoms with Crippen LogP contribution in [-0.2, 0) is 17.9 Å². The van der Waals surface area contributed by atoms with Gasteiger partial charge in [-0.2, -0.15) is 0 Å². The zero-order valence-electron chi connectivity index (χ0n) is 18.8. The van der Waals surface area contributed by atoms with Crippen molar-refractivity contribution in [3.63, 3.8) is 0 Å². The fraction of sp³-hybridized carbons (Fsp3) is 0.231. The number of aryl methyl sites for hydroxylation is 1. The molecule has 0 unspecified atom stereocenters. The predicted octanol–water partition coefficient (Wildman–Crippen LogP) is 4.31. The maximum atomic E-state index is 13.4. The fourth-order valence-electron chi connectivity index (χ4n) is 3.65. The molecule has 34 heavy (non-hydrogen) atoms. The highest BCUT2D eigenvalue weighted by atomic mass is 19.1. The minimum Gasteiger partial charge on any atom is -0.464 e. The van der Waals surface area contributed by atoms with E-state index in [9.17, 15) is 14.0 Å². The van der Waals surface area contributed by atoms with Gasteiger partial charge in [-0.15, -0.1) is 6.58 Å². The molecule has 0 saturated carbocycles. The molecule has 2 heterocycles. The molecule has 0 N–H and O–H groups in total. The summed E-state index contributed by atoms with van der Waals surface area (Å²) in [7, 11) is 0. The molecule has 1 aliphatic rings. The number of fused-ring (bicyclic) bond motifs is 1. The smallest absolute Gasteiger partial charge is 0.254 e. The molecule has 2 aromatic carbocycles. The monoisotopic (exact) mass is 464 g/mol. The quantitative estimate of drug-likeness (QED) is 0.441. The van der Waals surface area contributed by atoms with Gasteiger partial charge in [0.1, 0.15) is 23.9 Å². The first-order valence-electron chi connectivity index (χ1n) is 10.8. The van der Waals surface area contributed by atoms with Gasteiger partial charge in [0.2, 0.25) is 12.7 Å². The summed E-state index contributed by atoms with van der Waals surface area (Å²) in [4.78, 5) is 29.6. The summed E-state index contributed by atoms with van der Waals surface area (Å²) in [5.41, 5.74) is 1.14. The maximum Gasteiger partial charge on any atom is 0.254 e. The van der Waals surface area contributed by atoms with E-state index in [1.54, 1.807) is 47.4 Å². The Bertz CT molecular complexity index is 1190. The number of halogens is 1. The first-order chi connectivity index (χ1) is 16.4. The van der Waals surface area contributed by atoms with Crippen molar-refractivity contribution in [1.29, 1.82) is 0 Å². The van der Waals surface area contributed by atoms with Crippen LogP contribution < -0.4 is 9.47 Å². The minimum atomic E-state index is -0.352. The van der Waals surface area contributed by atoms with E-state index in [4.69, 9.17) is 13.9 Å². The summed E-state index contributed by atoms with van der Waals surface area (Å²) in [6, 6.07) is 14.5. The molecule has 1 aromatic heterocycles. The summed E-state index contributed by atoms with van der Waals surface area (Å²) in [6.45, 7) is 6.11. The lowest BCUT2D eigenvalue weighted by Gasteiger charge is -2.27. The molecule has 0 bridgehead atoms. The highest BCUT2D eigenvalue weighted by Crippen LogP contribution is 2.32. The topological polar surface area (TPSA) is 72.2 Å². The molecular formula is C26H25FN2O5. The van der Waals surface area contributed by atoms with Gasteiger partial charge >= 0.3 is 0 Å². The van der Waals surface area contributed by atoms with E-state index < -0.39 is 0 Å². The lowest BCUT2D eigenvalue weighted by molar-refractivity contribution is -0.133. The minimum absolute atomic E-state index is 0.104. The zero-order valence-corrected chi connectivity index (χ0v) is 18.8. The molecule has 2 amide bonds. The Hall–Kier alpha value is -4.07. The molecule has 176 valence electrons. The molecule has 1 aliphatic heterocycles. The Morgan fingerprint density at radius 2 is 1.76 bits per heavy atom. The van der Waals surface area contributed by atoms with Crippen LogP contribution in [0.2, 0.25) is 0 Å².